The standard InChI is InChI=1S/C18H21NO/c1-14(16-10-6-3-7-11-16)19-13-17(19)18(20)12-15-8-4-2-5-9-15/h2-11,14,17-18,20H,12-13H2,1H3. The molecule has 0 bridgehead atoms. The first kappa shape index (κ1) is 13.3. The molecule has 4 unspecified atom stereocenters. The quantitative estimate of drug-likeness (QED) is 0.842. The highest BCUT2D eigenvalue weighted by atomic mass is 16.3. The largest absolute Gasteiger partial charge is 0.391 e. The van der Waals surface area contributed by atoms with Crippen molar-refractivity contribution < 1.29 is 5.11 Å². The maximum absolute atomic E-state index is 10.4. The predicted octanol–water partition coefficient (Wildman–Crippen LogP) is 3.04. The minimum absolute atomic E-state index is 0.274. The van der Waals surface area contributed by atoms with Crippen molar-refractivity contribution in [2.75, 3.05) is 6.54 Å². The number of benzene rings is 2. The van der Waals surface area contributed by atoms with Gasteiger partial charge in [0, 0.05) is 18.6 Å². The summed E-state index contributed by atoms with van der Waals surface area (Å²) in [6.07, 6.45) is 0.465. The molecule has 4 atom stereocenters. The van der Waals surface area contributed by atoms with E-state index in [-0.39, 0.29) is 6.10 Å². The lowest BCUT2D eigenvalue weighted by Crippen LogP contribution is -2.23. The van der Waals surface area contributed by atoms with Crippen molar-refractivity contribution >= 4 is 0 Å². The van der Waals surface area contributed by atoms with Crippen LogP contribution in [0.1, 0.15) is 24.1 Å². The van der Waals surface area contributed by atoms with E-state index in [1.807, 2.05) is 24.3 Å². The van der Waals surface area contributed by atoms with Crippen LogP contribution in [0.5, 0.6) is 0 Å². The van der Waals surface area contributed by atoms with Crippen LogP contribution in [0.25, 0.3) is 0 Å². The van der Waals surface area contributed by atoms with Gasteiger partial charge in [-0.05, 0) is 24.5 Å². The van der Waals surface area contributed by atoms with Crippen LogP contribution in [0.2, 0.25) is 0 Å². The number of aliphatic hydroxyl groups excluding tert-OH is 1. The second-order valence-corrected chi connectivity index (χ2v) is 5.61. The zero-order valence-electron chi connectivity index (χ0n) is 11.8. The Kier molecular flexibility index (Phi) is 3.86. The molecule has 2 heteroatoms. The van der Waals surface area contributed by atoms with Gasteiger partial charge in [-0.2, -0.15) is 0 Å². The molecule has 0 aliphatic carbocycles. The van der Waals surface area contributed by atoms with E-state index in [0.29, 0.717) is 12.1 Å². The van der Waals surface area contributed by atoms with Crippen LogP contribution in [0.4, 0.5) is 0 Å². The van der Waals surface area contributed by atoms with Gasteiger partial charge in [0.05, 0.1) is 6.10 Å². The minimum atomic E-state index is -0.274. The third-order valence-corrected chi connectivity index (χ3v) is 4.20. The van der Waals surface area contributed by atoms with Crippen LogP contribution < -0.4 is 0 Å². The van der Waals surface area contributed by atoms with Crippen molar-refractivity contribution in [2.24, 2.45) is 0 Å². The van der Waals surface area contributed by atoms with Crippen LogP contribution in [-0.2, 0) is 6.42 Å². The predicted molar refractivity (Wildman–Crippen MR) is 81.5 cm³/mol. The van der Waals surface area contributed by atoms with Crippen molar-refractivity contribution in [3.05, 3.63) is 71.8 Å². The first-order valence-corrected chi connectivity index (χ1v) is 7.28. The average Bonchev–Trinajstić information content (AvgIpc) is 3.29. The summed E-state index contributed by atoms with van der Waals surface area (Å²) in [7, 11) is 0. The van der Waals surface area contributed by atoms with E-state index in [1.165, 1.54) is 11.1 Å². The number of nitrogens with zero attached hydrogens (tertiary/aromatic N) is 1. The van der Waals surface area contributed by atoms with Crippen LogP contribution in [0.3, 0.4) is 0 Å². The molecule has 2 nitrogen and oxygen atoms in total. The van der Waals surface area contributed by atoms with Crippen LogP contribution in [0.15, 0.2) is 60.7 Å². The van der Waals surface area contributed by atoms with Crippen molar-refractivity contribution in [3.63, 3.8) is 0 Å². The monoisotopic (exact) mass is 267 g/mol. The van der Waals surface area contributed by atoms with Gasteiger partial charge >= 0.3 is 0 Å². The highest BCUT2D eigenvalue weighted by molar-refractivity contribution is 5.22. The summed E-state index contributed by atoms with van der Waals surface area (Å²) >= 11 is 0. The lowest BCUT2D eigenvalue weighted by atomic mass is 10.1. The molecule has 1 aliphatic heterocycles. The third kappa shape index (κ3) is 2.92. The molecular formula is C18H21NO. The van der Waals surface area contributed by atoms with Gasteiger partial charge in [0.2, 0.25) is 0 Å². The SMILES string of the molecule is CC(c1ccccc1)N1CC1C(O)Cc1ccccc1. The fourth-order valence-corrected chi connectivity index (χ4v) is 2.87. The molecule has 3 rings (SSSR count). The average molecular weight is 267 g/mol. The van der Waals surface area contributed by atoms with Gasteiger partial charge in [-0.1, -0.05) is 60.7 Å². The Morgan fingerprint density at radius 2 is 1.65 bits per heavy atom. The number of aliphatic hydroxyl groups is 1. The lowest BCUT2D eigenvalue weighted by Gasteiger charge is -2.17. The van der Waals surface area contributed by atoms with Gasteiger partial charge in [0.15, 0.2) is 0 Å². The van der Waals surface area contributed by atoms with E-state index in [2.05, 4.69) is 48.2 Å². The van der Waals surface area contributed by atoms with Crippen molar-refractivity contribution in [1.82, 2.24) is 4.90 Å². The normalized spacial score (nSPS) is 24.1. The molecule has 0 spiro atoms. The Morgan fingerprint density at radius 3 is 2.30 bits per heavy atom. The Labute approximate surface area is 120 Å². The molecule has 20 heavy (non-hydrogen) atoms. The van der Waals surface area contributed by atoms with E-state index in [1.54, 1.807) is 0 Å². The van der Waals surface area contributed by atoms with Gasteiger partial charge in [-0.25, -0.2) is 0 Å². The molecule has 1 aliphatic rings. The molecule has 1 fully saturated rings. The van der Waals surface area contributed by atoms with E-state index in [4.69, 9.17) is 0 Å². The maximum Gasteiger partial charge on any atom is 0.0748 e. The van der Waals surface area contributed by atoms with E-state index >= 15 is 0 Å². The van der Waals surface area contributed by atoms with Gasteiger partial charge in [-0.15, -0.1) is 0 Å². The van der Waals surface area contributed by atoms with E-state index in [0.717, 1.165) is 13.0 Å². The summed E-state index contributed by atoms with van der Waals surface area (Å²) in [6, 6.07) is 21.4. The first-order chi connectivity index (χ1) is 9.75. The van der Waals surface area contributed by atoms with Gasteiger partial charge in [-0.3, -0.25) is 4.90 Å². The van der Waals surface area contributed by atoms with E-state index in [9.17, 15) is 5.11 Å². The molecule has 0 saturated carbocycles. The molecule has 0 radical (unpaired) electrons. The Balaban J connectivity index is 1.59. The molecule has 0 aromatic heterocycles. The molecule has 2 aromatic rings. The van der Waals surface area contributed by atoms with Crippen LogP contribution in [-0.4, -0.2) is 28.7 Å². The Hall–Kier alpha value is -1.64. The summed E-state index contributed by atoms with van der Waals surface area (Å²) in [5.41, 5.74) is 2.53. The van der Waals surface area contributed by atoms with Gasteiger partial charge in [0.25, 0.3) is 0 Å². The molecule has 2 aromatic carbocycles. The molecule has 1 saturated heterocycles. The number of hydrogen-bond donors (Lipinski definition) is 1. The van der Waals surface area contributed by atoms with Gasteiger partial charge in [0.1, 0.15) is 0 Å². The number of hydrogen-bond acceptors (Lipinski definition) is 2. The van der Waals surface area contributed by atoms with E-state index < -0.39 is 0 Å². The summed E-state index contributed by atoms with van der Waals surface area (Å²) < 4.78 is 0. The topological polar surface area (TPSA) is 23.2 Å². The smallest absolute Gasteiger partial charge is 0.0748 e. The van der Waals surface area contributed by atoms with Crippen molar-refractivity contribution in [3.8, 4) is 0 Å². The highest BCUT2D eigenvalue weighted by Crippen LogP contribution is 2.34. The summed E-state index contributed by atoms with van der Waals surface area (Å²) in [6.45, 7) is 3.20. The zero-order valence-corrected chi connectivity index (χ0v) is 11.8. The Bertz CT molecular complexity index is 540. The minimum Gasteiger partial charge on any atom is -0.391 e. The van der Waals surface area contributed by atoms with Gasteiger partial charge < -0.3 is 5.11 Å². The van der Waals surface area contributed by atoms with Crippen LogP contribution in [0, 0.1) is 0 Å². The second-order valence-electron chi connectivity index (χ2n) is 5.61. The first-order valence-electron chi connectivity index (χ1n) is 7.28. The van der Waals surface area contributed by atoms with Crippen molar-refractivity contribution in [1.29, 1.82) is 0 Å². The summed E-state index contributed by atoms with van der Waals surface area (Å²) in [5, 5.41) is 10.4. The fraction of sp³-hybridized carbons (Fsp3) is 0.333. The fourth-order valence-electron chi connectivity index (χ4n) is 2.87. The highest BCUT2D eigenvalue weighted by Gasteiger charge is 2.42. The number of rotatable bonds is 5. The third-order valence-electron chi connectivity index (χ3n) is 4.20. The second kappa shape index (κ2) is 5.78. The lowest BCUT2D eigenvalue weighted by molar-refractivity contribution is 0.149. The Morgan fingerprint density at radius 1 is 1.05 bits per heavy atom. The zero-order chi connectivity index (χ0) is 13.9. The summed E-state index contributed by atoms with van der Waals surface area (Å²) in [5.74, 6) is 0. The summed E-state index contributed by atoms with van der Waals surface area (Å²) in [4.78, 5) is 2.36. The molecule has 104 valence electrons. The van der Waals surface area contributed by atoms with Crippen LogP contribution >= 0.6 is 0 Å². The maximum atomic E-state index is 10.4. The molecule has 1 heterocycles. The molecule has 0 amide bonds. The molecule has 1 N–H and O–H groups in total. The molecular weight excluding hydrogens is 246 g/mol. The van der Waals surface area contributed by atoms with Crippen molar-refractivity contribution in [2.45, 2.75) is 31.5 Å².